The molecule has 0 radical (unpaired) electrons. The first-order chi connectivity index (χ1) is 17.5. The lowest BCUT2D eigenvalue weighted by atomic mass is 10.0. The summed E-state index contributed by atoms with van der Waals surface area (Å²) in [4.78, 5) is 39.6. The number of benzene rings is 2. The molecular formula is C27H28N6O3. The van der Waals surface area contributed by atoms with Crippen LogP contribution in [0.2, 0.25) is 0 Å². The van der Waals surface area contributed by atoms with Crippen molar-refractivity contribution < 1.29 is 14.3 Å². The maximum absolute atomic E-state index is 13.0. The second-order valence-corrected chi connectivity index (χ2v) is 8.38. The van der Waals surface area contributed by atoms with Gasteiger partial charge < -0.3 is 20.7 Å². The van der Waals surface area contributed by atoms with Crippen molar-refractivity contribution in [3.63, 3.8) is 0 Å². The molecule has 0 bridgehead atoms. The van der Waals surface area contributed by atoms with E-state index in [1.807, 2.05) is 48.3 Å². The van der Waals surface area contributed by atoms with Crippen molar-refractivity contribution in [1.29, 1.82) is 0 Å². The van der Waals surface area contributed by atoms with Crippen LogP contribution in [0.1, 0.15) is 31.8 Å². The summed E-state index contributed by atoms with van der Waals surface area (Å²) in [6, 6.07) is 16.6. The number of ketones is 1. The minimum atomic E-state index is -0.537. The van der Waals surface area contributed by atoms with E-state index in [4.69, 9.17) is 10.5 Å². The number of hydrogen-bond acceptors (Lipinski definition) is 8. The Morgan fingerprint density at radius 1 is 1.03 bits per heavy atom. The molecule has 4 rings (SSSR count). The highest BCUT2D eigenvalue weighted by atomic mass is 16.5. The molecule has 0 unspecified atom stereocenters. The van der Waals surface area contributed by atoms with Crippen molar-refractivity contribution >= 4 is 34.2 Å². The molecule has 2 aromatic heterocycles. The molecule has 0 atom stereocenters. The Morgan fingerprint density at radius 2 is 1.83 bits per heavy atom. The molecule has 184 valence electrons. The normalized spacial score (nSPS) is 10.8. The second-order valence-electron chi connectivity index (χ2n) is 8.38. The molecule has 0 aliphatic carbocycles. The van der Waals surface area contributed by atoms with Gasteiger partial charge in [-0.25, -0.2) is 15.0 Å². The number of Topliss-reactive ketones (excluding diaryl/α,β-unsaturated/α-hetero) is 1. The van der Waals surface area contributed by atoms with E-state index in [0.717, 1.165) is 16.9 Å². The van der Waals surface area contributed by atoms with Gasteiger partial charge >= 0.3 is 0 Å². The Labute approximate surface area is 209 Å². The maximum Gasteiger partial charge on any atom is 0.250 e. The van der Waals surface area contributed by atoms with Gasteiger partial charge in [-0.1, -0.05) is 30.3 Å². The predicted octanol–water partition coefficient (Wildman–Crippen LogP) is 3.24. The number of ether oxygens (including phenoxy) is 1. The minimum absolute atomic E-state index is 0.0182. The lowest BCUT2D eigenvalue weighted by molar-refractivity contribution is 0.0988. The number of methoxy groups -OCH3 is 1. The second kappa shape index (κ2) is 11.4. The van der Waals surface area contributed by atoms with Crippen LogP contribution in [0.5, 0.6) is 0 Å². The molecule has 4 aromatic rings. The van der Waals surface area contributed by atoms with Crippen LogP contribution in [0.3, 0.4) is 0 Å². The highest BCUT2D eigenvalue weighted by Crippen LogP contribution is 2.23. The van der Waals surface area contributed by atoms with E-state index >= 15 is 0 Å². The average Bonchev–Trinajstić information content (AvgIpc) is 2.90. The van der Waals surface area contributed by atoms with Crippen molar-refractivity contribution in [2.45, 2.75) is 13.0 Å². The number of primary amides is 1. The Balaban J connectivity index is 1.45. The zero-order valence-electron chi connectivity index (χ0n) is 20.3. The van der Waals surface area contributed by atoms with E-state index in [0.29, 0.717) is 47.5 Å². The number of pyridine rings is 1. The Morgan fingerprint density at radius 3 is 2.64 bits per heavy atom. The number of fused-ring (bicyclic) bond motifs is 1. The van der Waals surface area contributed by atoms with E-state index in [1.54, 1.807) is 31.5 Å². The number of carbonyl (C=O) groups is 2. The monoisotopic (exact) mass is 484 g/mol. The number of hydrogen-bond donors (Lipinski definition) is 2. The lowest BCUT2D eigenvalue weighted by Gasteiger charge is -2.18. The van der Waals surface area contributed by atoms with Crippen LogP contribution in [-0.2, 0) is 17.7 Å². The molecule has 36 heavy (non-hydrogen) atoms. The Kier molecular flexibility index (Phi) is 7.82. The number of nitrogens with two attached hydrogens (primary N) is 1. The molecule has 0 spiro atoms. The van der Waals surface area contributed by atoms with Gasteiger partial charge in [0.05, 0.1) is 17.7 Å². The van der Waals surface area contributed by atoms with E-state index in [2.05, 4.69) is 20.3 Å². The Hall–Kier alpha value is -4.37. The van der Waals surface area contributed by atoms with E-state index in [1.165, 1.54) is 6.33 Å². The van der Waals surface area contributed by atoms with Crippen LogP contribution >= 0.6 is 0 Å². The summed E-state index contributed by atoms with van der Waals surface area (Å²) in [6.45, 7) is 1.74. The number of aromatic nitrogens is 3. The third-order valence-corrected chi connectivity index (χ3v) is 5.84. The molecule has 2 aromatic carbocycles. The topological polar surface area (TPSA) is 123 Å². The summed E-state index contributed by atoms with van der Waals surface area (Å²) < 4.78 is 5.12. The summed E-state index contributed by atoms with van der Waals surface area (Å²) in [6.07, 6.45) is 3.33. The fraction of sp³-hybridized carbons (Fsp3) is 0.222. The quantitative estimate of drug-likeness (QED) is 0.311. The number of para-hydroxylation sites is 1. The summed E-state index contributed by atoms with van der Waals surface area (Å²) in [7, 11) is 3.57. The van der Waals surface area contributed by atoms with Crippen LogP contribution in [0, 0.1) is 0 Å². The highest BCUT2D eigenvalue weighted by Gasteiger charge is 2.13. The minimum Gasteiger partial charge on any atom is -0.383 e. The van der Waals surface area contributed by atoms with Crippen molar-refractivity contribution in [2.24, 2.45) is 5.73 Å². The van der Waals surface area contributed by atoms with Gasteiger partial charge in [0, 0.05) is 50.8 Å². The Bertz CT molecular complexity index is 1390. The zero-order valence-corrected chi connectivity index (χ0v) is 20.3. The van der Waals surface area contributed by atoms with Gasteiger partial charge in [0.1, 0.15) is 18.0 Å². The molecule has 1 amide bonds. The molecule has 0 fully saturated rings. The molecule has 2 heterocycles. The van der Waals surface area contributed by atoms with Crippen molar-refractivity contribution in [3.05, 3.63) is 89.4 Å². The number of carbonyl (C=O) groups excluding carboxylic acids is 2. The third-order valence-electron chi connectivity index (χ3n) is 5.84. The van der Waals surface area contributed by atoms with Gasteiger partial charge in [-0.2, -0.15) is 0 Å². The van der Waals surface area contributed by atoms with Gasteiger partial charge in [0.25, 0.3) is 5.91 Å². The standard InChI is InChI=1S/C27H28N6O3/c1-33(11-12-36-2)24-15-20(9-10-29-24)23(34)14-18-5-3-6-19(13-18)16-30-27-22-8-4-7-21(26(28)35)25(22)31-17-32-27/h3-10,13,15,17H,11-12,14,16H2,1-2H3,(H2,28,35)(H,30,31,32). The largest absolute Gasteiger partial charge is 0.383 e. The number of likely N-dealkylation sites (N-methyl/N-ethyl adjacent to an activating group) is 1. The van der Waals surface area contributed by atoms with Crippen molar-refractivity contribution in [3.8, 4) is 0 Å². The molecular weight excluding hydrogens is 456 g/mol. The van der Waals surface area contributed by atoms with Crippen LogP contribution in [0.15, 0.2) is 67.1 Å². The smallest absolute Gasteiger partial charge is 0.250 e. The predicted molar refractivity (Wildman–Crippen MR) is 139 cm³/mol. The fourth-order valence-corrected chi connectivity index (χ4v) is 3.89. The molecule has 0 aliphatic heterocycles. The number of amides is 1. The fourth-order valence-electron chi connectivity index (χ4n) is 3.89. The molecule has 9 nitrogen and oxygen atoms in total. The molecule has 0 saturated carbocycles. The first kappa shape index (κ1) is 24.7. The molecule has 0 saturated heterocycles. The van der Waals surface area contributed by atoms with Crippen molar-refractivity contribution in [1.82, 2.24) is 15.0 Å². The number of nitrogens with zero attached hydrogens (tertiary/aromatic N) is 4. The van der Waals surface area contributed by atoms with E-state index in [-0.39, 0.29) is 12.2 Å². The van der Waals surface area contributed by atoms with E-state index in [9.17, 15) is 9.59 Å². The summed E-state index contributed by atoms with van der Waals surface area (Å²) >= 11 is 0. The lowest BCUT2D eigenvalue weighted by Crippen LogP contribution is -2.23. The third kappa shape index (κ3) is 5.81. The van der Waals surface area contributed by atoms with Gasteiger partial charge in [-0.3, -0.25) is 9.59 Å². The summed E-state index contributed by atoms with van der Waals surface area (Å²) in [5.74, 6) is 0.814. The summed E-state index contributed by atoms with van der Waals surface area (Å²) in [5.41, 5.74) is 8.85. The van der Waals surface area contributed by atoms with Crippen LogP contribution < -0.4 is 16.0 Å². The van der Waals surface area contributed by atoms with Crippen LogP contribution in [0.4, 0.5) is 11.6 Å². The molecule has 3 N–H and O–H groups in total. The van der Waals surface area contributed by atoms with E-state index < -0.39 is 5.91 Å². The number of rotatable bonds is 11. The zero-order chi connectivity index (χ0) is 25.5. The summed E-state index contributed by atoms with van der Waals surface area (Å²) in [5, 5.41) is 4.02. The molecule has 9 heteroatoms. The van der Waals surface area contributed by atoms with Crippen LogP contribution in [-0.4, -0.2) is 54.0 Å². The highest BCUT2D eigenvalue weighted by molar-refractivity contribution is 6.06. The molecule has 0 aliphatic rings. The number of nitrogens with one attached hydrogen (secondary N) is 1. The van der Waals surface area contributed by atoms with Crippen molar-refractivity contribution in [2.75, 3.05) is 37.5 Å². The first-order valence-electron chi connectivity index (χ1n) is 11.5. The maximum atomic E-state index is 13.0. The van der Waals surface area contributed by atoms with Crippen LogP contribution in [0.25, 0.3) is 10.9 Å². The van der Waals surface area contributed by atoms with Gasteiger partial charge in [0.2, 0.25) is 0 Å². The average molecular weight is 485 g/mol. The van der Waals surface area contributed by atoms with Gasteiger partial charge in [0.15, 0.2) is 5.78 Å². The van der Waals surface area contributed by atoms with Gasteiger partial charge in [-0.05, 0) is 35.4 Å². The number of anilines is 2. The first-order valence-corrected chi connectivity index (χ1v) is 11.5. The van der Waals surface area contributed by atoms with Gasteiger partial charge in [-0.15, -0.1) is 0 Å². The SMILES string of the molecule is COCCN(C)c1cc(C(=O)Cc2cccc(CNc3ncnc4c(C(N)=O)cccc34)c2)ccn1.